The Morgan fingerprint density at radius 3 is 2.70 bits per heavy atom. The molecule has 0 aliphatic rings. The Balaban J connectivity index is 1.82. The van der Waals surface area contributed by atoms with Gasteiger partial charge in [-0.25, -0.2) is 8.78 Å². The lowest BCUT2D eigenvalue weighted by Gasteiger charge is -2.12. The first-order valence-corrected chi connectivity index (χ1v) is 9.29. The zero-order valence-electron chi connectivity index (χ0n) is 16.3. The van der Waals surface area contributed by atoms with E-state index in [-0.39, 0.29) is 18.3 Å². The van der Waals surface area contributed by atoms with Crippen molar-refractivity contribution >= 4 is 16.9 Å². The molecule has 7 nitrogen and oxygen atoms in total. The second-order valence-electron chi connectivity index (χ2n) is 6.87. The largest absolute Gasteiger partial charge is 0.421 e. The van der Waals surface area contributed by atoms with Crippen LogP contribution in [0.15, 0.2) is 42.5 Å². The smallest absolute Gasteiger partial charge is 0.326 e. The molecule has 0 amide bonds. The Bertz CT molecular complexity index is 1210. The summed E-state index contributed by atoms with van der Waals surface area (Å²) in [5.74, 6) is -1.44. The summed E-state index contributed by atoms with van der Waals surface area (Å²) in [6, 6.07) is 10.5. The molecule has 0 aliphatic heterocycles. The SMILES string of the molecule is Cc1ccccc1-c1[nH]nc2nc(Oc3ccc(F)cc3F)nc(NCC(C)O)c12. The van der Waals surface area contributed by atoms with Crippen molar-refractivity contribution in [3.05, 3.63) is 59.7 Å². The third-order valence-corrected chi connectivity index (χ3v) is 4.47. The van der Waals surface area contributed by atoms with Crippen molar-refractivity contribution in [2.45, 2.75) is 20.0 Å². The number of aromatic nitrogens is 4. The zero-order chi connectivity index (χ0) is 21.3. The van der Waals surface area contributed by atoms with Crippen molar-refractivity contribution in [3.8, 4) is 23.0 Å². The van der Waals surface area contributed by atoms with E-state index >= 15 is 0 Å². The van der Waals surface area contributed by atoms with Gasteiger partial charge in [0.25, 0.3) is 0 Å². The van der Waals surface area contributed by atoms with Gasteiger partial charge >= 0.3 is 6.01 Å². The minimum absolute atomic E-state index is 0.163. The number of halogens is 2. The standard InChI is InChI=1S/C21H19F2N5O2/c1-11-5-3-4-6-14(11)18-17-19(24-10-12(2)29)25-21(26-20(17)28-27-18)30-16-8-7-13(22)9-15(16)23/h3-9,12,29H,10H2,1-2H3,(H2,24,25,26,27,28). The number of hydrogen-bond donors (Lipinski definition) is 3. The molecule has 1 unspecified atom stereocenters. The summed E-state index contributed by atoms with van der Waals surface area (Å²) in [7, 11) is 0. The summed E-state index contributed by atoms with van der Waals surface area (Å²) in [5.41, 5.74) is 2.95. The van der Waals surface area contributed by atoms with Crippen molar-refractivity contribution in [1.82, 2.24) is 20.2 Å². The summed E-state index contributed by atoms with van der Waals surface area (Å²) in [6.45, 7) is 3.82. The Labute approximate surface area is 170 Å². The molecule has 9 heteroatoms. The number of nitrogens with one attached hydrogen (secondary N) is 2. The highest BCUT2D eigenvalue weighted by molar-refractivity contribution is 5.99. The lowest BCUT2D eigenvalue weighted by atomic mass is 10.0. The third-order valence-electron chi connectivity index (χ3n) is 4.47. The van der Waals surface area contributed by atoms with Crippen LogP contribution < -0.4 is 10.1 Å². The number of aromatic amines is 1. The second kappa shape index (κ2) is 8.03. The van der Waals surface area contributed by atoms with Crippen molar-refractivity contribution in [1.29, 1.82) is 0 Å². The summed E-state index contributed by atoms with van der Waals surface area (Å²) in [6.07, 6.45) is -0.636. The van der Waals surface area contributed by atoms with Gasteiger partial charge in [0, 0.05) is 18.2 Å². The molecule has 0 radical (unpaired) electrons. The second-order valence-corrected chi connectivity index (χ2v) is 6.87. The quantitative estimate of drug-likeness (QED) is 0.440. The molecule has 30 heavy (non-hydrogen) atoms. The highest BCUT2D eigenvalue weighted by atomic mass is 19.1. The van der Waals surface area contributed by atoms with Crippen LogP contribution in [0.1, 0.15) is 12.5 Å². The number of ether oxygens (including phenoxy) is 1. The van der Waals surface area contributed by atoms with Gasteiger partial charge in [0.05, 0.1) is 17.2 Å². The first kappa shape index (κ1) is 19.7. The molecule has 1 atom stereocenters. The molecule has 4 rings (SSSR count). The van der Waals surface area contributed by atoms with E-state index < -0.39 is 17.7 Å². The van der Waals surface area contributed by atoms with Crippen LogP contribution in [0.25, 0.3) is 22.3 Å². The topological polar surface area (TPSA) is 96.0 Å². The molecule has 0 saturated carbocycles. The first-order chi connectivity index (χ1) is 14.4. The van der Waals surface area contributed by atoms with Crippen molar-refractivity contribution < 1.29 is 18.6 Å². The molecule has 0 spiro atoms. The molecule has 2 aromatic carbocycles. The number of fused-ring (bicyclic) bond motifs is 1. The van der Waals surface area contributed by atoms with Gasteiger partial charge in [-0.15, -0.1) is 0 Å². The highest BCUT2D eigenvalue weighted by Crippen LogP contribution is 2.34. The van der Waals surface area contributed by atoms with Gasteiger partial charge in [-0.3, -0.25) is 5.10 Å². The van der Waals surface area contributed by atoms with Crippen LogP contribution in [0, 0.1) is 18.6 Å². The molecule has 0 fully saturated rings. The molecule has 0 aliphatic carbocycles. The van der Waals surface area contributed by atoms with E-state index in [1.54, 1.807) is 6.92 Å². The summed E-state index contributed by atoms with van der Waals surface area (Å²) < 4.78 is 32.6. The summed E-state index contributed by atoms with van der Waals surface area (Å²) in [4.78, 5) is 8.60. The van der Waals surface area contributed by atoms with Crippen LogP contribution in [-0.4, -0.2) is 37.9 Å². The van der Waals surface area contributed by atoms with Crippen LogP contribution in [0.2, 0.25) is 0 Å². The lowest BCUT2D eigenvalue weighted by molar-refractivity contribution is 0.208. The van der Waals surface area contributed by atoms with E-state index in [1.165, 1.54) is 0 Å². The maximum Gasteiger partial charge on any atom is 0.326 e. The van der Waals surface area contributed by atoms with Crippen LogP contribution >= 0.6 is 0 Å². The van der Waals surface area contributed by atoms with E-state index in [2.05, 4.69) is 25.5 Å². The third kappa shape index (κ3) is 3.92. The van der Waals surface area contributed by atoms with Crippen LogP contribution in [0.5, 0.6) is 11.8 Å². The molecule has 0 saturated heterocycles. The average Bonchev–Trinajstić information content (AvgIpc) is 3.12. The average molecular weight is 411 g/mol. The highest BCUT2D eigenvalue weighted by Gasteiger charge is 2.19. The predicted molar refractivity (Wildman–Crippen MR) is 108 cm³/mol. The minimum Gasteiger partial charge on any atom is -0.421 e. The molecule has 154 valence electrons. The van der Waals surface area contributed by atoms with Gasteiger partial charge in [0.2, 0.25) is 0 Å². The number of aryl methyl sites for hydroxylation is 1. The Morgan fingerprint density at radius 2 is 1.97 bits per heavy atom. The van der Waals surface area contributed by atoms with Crippen molar-refractivity contribution in [2.24, 2.45) is 0 Å². The monoisotopic (exact) mass is 411 g/mol. The van der Waals surface area contributed by atoms with E-state index in [4.69, 9.17) is 4.74 Å². The first-order valence-electron chi connectivity index (χ1n) is 9.29. The molecular weight excluding hydrogens is 392 g/mol. The molecule has 2 aromatic heterocycles. The van der Waals surface area contributed by atoms with Crippen LogP contribution in [0.4, 0.5) is 14.6 Å². The van der Waals surface area contributed by atoms with Crippen LogP contribution in [0.3, 0.4) is 0 Å². The Hall–Kier alpha value is -3.59. The predicted octanol–water partition coefficient (Wildman–Crippen LogP) is 4.19. The fraction of sp³-hybridized carbons (Fsp3) is 0.190. The van der Waals surface area contributed by atoms with E-state index in [1.807, 2.05) is 31.2 Å². The molecular formula is C21H19F2N5O2. The molecule has 4 aromatic rings. The van der Waals surface area contributed by atoms with Gasteiger partial charge in [-0.1, -0.05) is 24.3 Å². The van der Waals surface area contributed by atoms with Gasteiger partial charge in [0.15, 0.2) is 17.2 Å². The number of nitrogens with zero attached hydrogens (tertiary/aromatic N) is 3. The van der Waals surface area contributed by atoms with E-state index in [0.29, 0.717) is 28.6 Å². The summed E-state index contributed by atoms with van der Waals surface area (Å²) in [5, 5.41) is 20.6. The zero-order valence-corrected chi connectivity index (χ0v) is 16.3. The summed E-state index contributed by atoms with van der Waals surface area (Å²) >= 11 is 0. The van der Waals surface area contributed by atoms with Gasteiger partial charge < -0.3 is 15.2 Å². The molecule has 3 N–H and O–H groups in total. The number of hydrogen-bond acceptors (Lipinski definition) is 6. The number of aliphatic hydroxyl groups is 1. The normalized spacial score (nSPS) is 12.2. The van der Waals surface area contributed by atoms with E-state index in [9.17, 15) is 13.9 Å². The van der Waals surface area contributed by atoms with Gasteiger partial charge in [0.1, 0.15) is 11.6 Å². The maximum atomic E-state index is 14.0. The fourth-order valence-corrected chi connectivity index (χ4v) is 3.03. The minimum atomic E-state index is -0.875. The van der Waals surface area contributed by atoms with Gasteiger partial charge in [-0.2, -0.15) is 15.1 Å². The van der Waals surface area contributed by atoms with Crippen molar-refractivity contribution in [2.75, 3.05) is 11.9 Å². The number of benzene rings is 2. The molecule has 0 bridgehead atoms. The van der Waals surface area contributed by atoms with E-state index in [0.717, 1.165) is 23.3 Å². The van der Waals surface area contributed by atoms with Gasteiger partial charge in [-0.05, 0) is 31.5 Å². The maximum absolute atomic E-state index is 14.0. The Morgan fingerprint density at radius 1 is 1.17 bits per heavy atom. The fourth-order valence-electron chi connectivity index (χ4n) is 3.03. The molecule has 2 heterocycles. The number of anilines is 1. The van der Waals surface area contributed by atoms with Crippen LogP contribution in [-0.2, 0) is 0 Å². The lowest BCUT2D eigenvalue weighted by Crippen LogP contribution is -2.16. The van der Waals surface area contributed by atoms with Crippen molar-refractivity contribution in [3.63, 3.8) is 0 Å². The Kier molecular flexibility index (Phi) is 5.28. The number of rotatable bonds is 6. The number of H-pyrrole nitrogens is 1. The number of aliphatic hydroxyl groups excluding tert-OH is 1.